The summed E-state index contributed by atoms with van der Waals surface area (Å²) in [6.07, 6.45) is 2.22. The Balaban J connectivity index is 1.85. The molecule has 1 aliphatic heterocycles. The number of benzene rings is 1. The lowest BCUT2D eigenvalue weighted by molar-refractivity contribution is 0.0420. The highest BCUT2D eigenvalue weighted by Crippen LogP contribution is 2.22. The minimum absolute atomic E-state index is 0.177. The van der Waals surface area contributed by atoms with Gasteiger partial charge >= 0.3 is 0 Å². The number of nitrogens with one attached hydrogen (secondary N) is 2. The summed E-state index contributed by atoms with van der Waals surface area (Å²) in [4.78, 5) is 6.97. The van der Waals surface area contributed by atoms with Crippen molar-refractivity contribution in [3.05, 3.63) is 29.8 Å². The summed E-state index contributed by atoms with van der Waals surface area (Å²) < 4.78 is 16.5. The Morgan fingerprint density at radius 1 is 1.36 bits per heavy atom. The molecule has 0 spiro atoms. The van der Waals surface area contributed by atoms with Gasteiger partial charge in [0.25, 0.3) is 0 Å². The molecule has 1 aliphatic rings. The Morgan fingerprint density at radius 2 is 2.21 bits per heavy atom. The molecule has 2 unspecified atom stereocenters. The zero-order valence-electron chi connectivity index (χ0n) is 17.7. The van der Waals surface area contributed by atoms with Crippen LogP contribution < -0.4 is 15.4 Å². The molecule has 2 atom stereocenters. The third-order valence-electron chi connectivity index (χ3n) is 4.72. The van der Waals surface area contributed by atoms with E-state index < -0.39 is 0 Å². The van der Waals surface area contributed by atoms with Crippen LogP contribution in [0.2, 0.25) is 0 Å². The van der Waals surface area contributed by atoms with Gasteiger partial charge in [-0.2, -0.15) is 0 Å². The molecule has 0 aromatic heterocycles. The monoisotopic (exact) mass is 392 g/mol. The Kier molecular flexibility index (Phi) is 10.1. The number of rotatable bonds is 11. The fraction of sp³-hybridized carbons (Fsp3) is 0.667. The molecule has 0 bridgehead atoms. The Hall–Kier alpha value is -1.83. The fourth-order valence-electron chi connectivity index (χ4n) is 3.11. The lowest BCUT2D eigenvalue weighted by Crippen LogP contribution is -2.39. The molecule has 2 rings (SSSR count). The number of nitrogens with zero attached hydrogens (tertiary/aromatic N) is 2. The molecule has 7 heteroatoms. The van der Waals surface area contributed by atoms with Crippen molar-refractivity contribution in [3.8, 4) is 5.75 Å². The van der Waals surface area contributed by atoms with Crippen LogP contribution in [0.1, 0.15) is 31.4 Å². The first-order chi connectivity index (χ1) is 13.6. The molecule has 0 aliphatic carbocycles. The van der Waals surface area contributed by atoms with E-state index in [2.05, 4.69) is 48.7 Å². The predicted octanol–water partition coefficient (Wildman–Crippen LogP) is 2.05. The summed E-state index contributed by atoms with van der Waals surface area (Å²) in [6.45, 7) is 6.68. The number of guanidine groups is 1. The topological polar surface area (TPSA) is 67.4 Å². The van der Waals surface area contributed by atoms with Gasteiger partial charge in [-0.3, -0.25) is 4.99 Å². The maximum absolute atomic E-state index is 5.81. The van der Waals surface area contributed by atoms with E-state index in [9.17, 15) is 0 Å². The fourth-order valence-corrected chi connectivity index (χ4v) is 3.11. The molecule has 1 fully saturated rings. The molecule has 0 saturated carbocycles. The van der Waals surface area contributed by atoms with E-state index in [-0.39, 0.29) is 12.1 Å². The van der Waals surface area contributed by atoms with Crippen molar-refractivity contribution in [2.45, 2.75) is 31.9 Å². The number of likely N-dealkylation sites (N-methyl/N-ethyl adjacent to an activating group) is 1. The molecule has 158 valence electrons. The maximum atomic E-state index is 5.81. The predicted molar refractivity (Wildman–Crippen MR) is 113 cm³/mol. The molecule has 28 heavy (non-hydrogen) atoms. The number of aliphatic imine (C=N–C) groups is 1. The van der Waals surface area contributed by atoms with E-state index in [1.165, 1.54) is 5.56 Å². The highest BCUT2D eigenvalue weighted by Gasteiger charge is 2.16. The maximum Gasteiger partial charge on any atom is 0.191 e. The van der Waals surface area contributed by atoms with Gasteiger partial charge in [-0.1, -0.05) is 12.1 Å². The van der Waals surface area contributed by atoms with Crippen LogP contribution in [0.15, 0.2) is 29.3 Å². The van der Waals surface area contributed by atoms with Gasteiger partial charge < -0.3 is 29.7 Å². The van der Waals surface area contributed by atoms with Gasteiger partial charge in [-0.15, -0.1) is 0 Å². The van der Waals surface area contributed by atoms with E-state index in [0.29, 0.717) is 6.54 Å². The quantitative estimate of drug-likeness (QED) is 0.341. The minimum atomic E-state index is 0.177. The van der Waals surface area contributed by atoms with Crippen LogP contribution in [0.4, 0.5) is 0 Å². The highest BCUT2D eigenvalue weighted by molar-refractivity contribution is 5.79. The van der Waals surface area contributed by atoms with Gasteiger partial charge in [0.1, 0.15) is 5.75 Å². The average Bonchev–Trinajstić information content (AvgIpc) is 3.21. The van der Waals surface area contributed by atoms with Crippen LogP contribution in [0.5, 0.6) is 5.75 Å². The van der Waals surface area contributed by atoms with Crippen molar-refractivity contribution in [2.75, 3.05) is 60.7 Å². The number of ether oxygens (including phenoxy) is 3. The van der Waals surface area contributed by atoms with Crippen molar-refractivity contribution >= 4 is 5.96 Å². The number of hydrogen-bond acceptors (Lipinski definition) is 5. The van der Waals surface area contributed by atoms with Crippen molar-refractivity contribution in [2.24, 2.45) is 4.99 Å². The molecular formula is C21H36N4O3. The number of hydrogen-bond donors (Lipinski definition) is 2. The first-order valence-electron chi connectivity index (χ1n) is 10.2. The van der Waals surface area contributed by atoms with Gasteiger partial charge in [0.15, 0.2) is 5.96 Å². The van der Waals surface area contributed by atoms with E-state index in [4.69, 9.17) is 19.2 Å². The Morgan fingerprint density at radius 3 is 2.89 bits per heavy atom. The van der Waals surface area contributed by atoms with E-state index in [1.807, 2.05) is 12.1 Å². The zero-order valence-corrected chi connectivity index (χ0v) is 17.7. The van der Waals surface area contributed by atoms with Crippen LogP contribution in [0, 0.1) is 0 Å². The molecule has 1 saturated heterocycles. The number of methoxy groups -OCH3 is 1. The summed E-state index contributed by atoms with van der Waals surface area (Å²) in [5, 5.41) is 6.72. The second-order valence-electron chi connectivity index (χ2n) is 7.11. The van der Waals surface area contributed by atoms with Gasteiger partial charge in [0, 0.05) is 26.3 Å². The first kappa shape index (κ1) is 22.5. The SMILES string of the molecule is CCNC(=NCC(c1cccc(OC)c1)N(C)C)NCCCOC1CCOC1. The van der Waals surface area contributed by atoms with Crippen LogP contribution in [-0.4, -0.2) is 77.6 Å². The van der Waals surface area contributed by atoms with E-state index in [0.717, 1.165) is 57.5 Å². The van der Waals surface area contributed by atoms with Crippen LogP contribution in [0.25, 0.3) is 0 Å². The molecule has 1 heterocycles. The molecule has 2 N–H and O–H groups in total. The average molecular weight is 393 g/mol. The standard InChI is InChI=1S/C21H36N4O3/c1-5-22-21(23-11-7-12-28-19-10-13-27-16-19)24-15-20(25(2)3)17-8-6-9-18(14-17)26-4/h6,8-9,14,19-20H,5,7,10-13,15-16H2,1-4H3,(H2,22,23,24). The summed E-state index contributed by atoms with van der Waals surface area (Å²) >= 11 is 0. The molecule has 1 aromatic rings. The van der Waals surface area contributed by atoms with Crippen LogP contribution in [0.3, 0.4) is 0 Å². The second kappa shape index (κ2) is 12.6. The Labute approximate surface area is 169 Å². The summed E-state index contributed by atoms with van der Waals surface area (Å²) in [5.41, 5.74) is 1.19. The summed E-state index contributed by atoms with van der Waals surface area (Å²) in [6, 6.07) is 8.35. The lowest BCUT2D eigenvalue weighted by atomic mass is 10.1. The molecule has 7 nitrogen and oxygen atoms in total. The van der Waals surface area contributed by atoms with Crippen molar-refractivity contribution in [1.29, 1.82) is 0 Å². The lowest BCUT2D eigenvalue weighted by Gasteiger charge is -2.24. The van der Waals surface area contributed by atoms with Crippen molar-refractivity contribution in [3.63, 3.8) is 0 Å². The van der Waals surface area contributed by atoms with Gasteiger partial charge in [-0.25, -0.2) is 0 Å². The smallest absolute Gasteiger partial charge is 0.191 e. The highest BCUT2D eigenvalue weighted by atomic mass is 16.5. The second-order valence-corrected chi connectivity index (χ2v) is 7.11. The zero-order chi connectivity index (χ0) is 20.2. The Bertz CT molecular complexity index is 589. The van der Waals surface area contributed by atoms with Crippen molar-refractivity contribution in [1.82, 2.24) is 15.5 Å². The molecular weight excluding hydrogens is 356 g/mol. The third-order valence-corrected chi connectivity index (χ3v) is 4.72. The molecule has 0 amide bonds. The van der Waals surface area contributed by atoms with Gasteiger partial charge in [0.2, 0.25) is 0 Å². The van der Waals surface area contributed by atoms with E-state index >= 15 is 0 Å². The van der Waals surface area contributed by atoms with Gasteiger partial charge in [0.05, 0.1) is 32.4 Å². The van der Waals surface area contributed by atoms with Gasteiger partial charge in [-0.05, 0) is 51.6 Å². The van der Waals surface area contributed by atoms with E-state index in [1.54, 1.807) is 7.11 Å². The normalized spacial score (nSPS) is 18.3. The first-order valence-corrected chi connectivity index (χ1v) is 10.2. The summed E-state index contributed by atoms with van der Waals surface area (Å²) in [7, 11) is 5.84. The third kappa shape index (κ3) is 7.66. The van der Waals surface area contributed by atoms with Crippen LogP contribution >= 0.6 is 0 Å². The molecule has 0 radical (unpaired) electrons. The molecule has 1 aromatic carbocycles. The summed E-state index contributed by atoms with van der Waals surface area (Å²) in [5.74, 6) is 1.70. The van der Waals surface area contributed by atoms with Crippen molar-refractivity contribution < 1.29 is 14.2 Å². The van der Waals surface area contributed by atoms with Crippen LogP contribution in [-0.2, 0) is 9.47 Å². The minimum Gasteiger partial charge on any atom is -0.497 e. The largest absolute Gasteiger partial charge is 0.497 e.